The molecule has 0 aliphatic carbocycles. The van der Waals surface area contributed by atoms with Crippen molar-refractivity contribution >= 4 is 35.0 Å². The predicted octanol–water partition coefficient (Wildman–Crippen LogP) is 0.892. The molecule has 8 heteroatoms. The zero-order valence-electron chi connectivity index (χ0n) is 11.6. The maximum Gasteiger partial charge on any atom is 0.274 e. The van der Waals surface area contributed by atoms with Crippen LogP contribution in [-0.2, 0) is 4.79 Å². The molecule has 1 aliphatic rings. The third-order valence-electron chi connectivity index (χ3n) is 3.32. The molecule has 1 saturated heterocycles. The van der Waals surface area contributed by atoms with Crippen LogP contribution in [0.2, 0.25) is 10.2 Å². The standard InChI is InChI=1S/C13H16Cl2N4O2/c1-16-11(20)8-18-4-6-19(7-5-18)13(21)12-9(14)2-3-10(15)17-12/h2-3H,4-8H2,1H3,(H,16,20). The Morgan fingerprint density at radius 2 is 1.90 bits per heavy atom. The number of hydrogen-bond acceptors (Lipinski definition) is 4. The second-order valence-electron chi connectivity index (χ2n) is 4.71. The zero-order chi connectivity index (χ0) is 15.4. The Balaban J connectivity index is 1.97. The number of likely N-dealkylation sites (N-methyl/N-ethyl adjacent to an activating group) is 1. The van der Waals surface area contributed by atoms with Gasteiger partial charge < -0.3 is 10.2 Å². The Morgan fingerprint density at radius 3 is 2.52 bits per heavy atom. The normalized spacial score (nSPS) is 15.9. The van der Waals surface area contributed by atoms with Crippen LogP contribution < -0.4 is 5.32 Å². The number of rotatable bonds is 3. The summed E-state index contributed by atoms with van der Waals surface area (Å²) in [4.78, 5) is 31.4. The van der Waals surface area contributed by atoms with Crippen molar-refractivity contribution in [2.75, 3.05) is 39.8 Å². The van der Waals surface area contributed by atoms with Gasteiger partial charge in [0.1, 0.15) is 10.8 Å². The first kappa shape index (κ1) is 16.0. The highest BCUT2D eigenvalue weighted by molar-refractivity contribution is 6.34. The number of nitrogens with zero attached hydrogens (tertiary/aromatic N) is 3. The number of piperazine rings is 1. The first-order valence-electron chi connectivity index (χ1n) is 6.55. The molecule has 0 saturated carbocycles. The molecule has 114 valence electrons. The molecule has 0 atom stereocenters. The van der Waals surface area contributed by atoms with Crippen LogP contribution in [0, 0.1) is 0 Å². The van der Waals surface area contributed by atoms with Gasteiger partial charge in [0.05, 0.1) is 11.6 Å². The first-order valence-corrected chi connectivity index (χ1v) is 7.31. The molecule has 0 bridgehead atoms. The van der Waals surface area contributed by atoms with Crippen LogP contribution in [0.25, 0.3) is 0 Å². The molecule has 0 spiro atoms. The lowest BCUT2D eigenvalue weighted by molar-refractivity contribution is -0.122. The zero-order valence-corrected chi connectivity index (χ0v) is 13.1. The van der Waals surface area contributed by atoms with Gasteiger partial charge in [0.15, 0.2) is 0 Å². The molecule has 2 heterocycles. The van der Waals surface area contributed by atoms with Crippen LogP contribution in [0.4, 0.5) is 0 Å². The highest BCUT2D eigenvalue weighted by Crippen LogP contribution is 2.19. The monoisotopic (exact) mass is 330 g/mol. The van der Waals surface area contributed by atoms with E-state index in [0.717, 1.165) is 0 Å². The molecule has 1 N–H and O–H groups in total. The van der Waals surface area contributed by atoms with Gasteiger partial charge in [0.2, 0.25) is 5.91 Å². The minimum absolute atomic E-state index is 0.0330. The van der Waals surface area contributed by atoms with E-state index in [9.17, 15) is 9.59 Å². The maximum atomic E-state index is 12.4. The van der Waals surface area contributed by atoms with E-state index in [4.69, 9.17) is 23.2 Å². The highest BCUT2D eigenvalue weighted by atomic mass is 35.5. The number of pyridine rings is 1. The van der Waals surface area contributed by atoms with Gasteiger partial charge in [-0.15, -0.1) is 0 Å². The second kappa shape index (κ2) is 7.06. The van der Waals surface area contributed by atoms with E-state index in [2.05, 4.69) is 10.3 Å². The third kappa shape index (κ3) is 4.06. The molecule has 0 unspecified atom stereocenters. The summed E-state index contributed by atoms with van der Waals surface area (Å²) in [5.74, 6) is -0.267. The summed E-state index contributed by atoms with van der Waals surface area (Å²) >= 11 is 11.8. The van der Waals surface area contributed by atoms with Gasteiger partial charge in [-0.3, -0.25) is 14.5 Å². The summed E-state index contributed by atoms with van der Waals surface area (Å²) in [5.41, 5.74) is 0.170. The van der Waals surface area contributed by atoms with Crippen LogP contribution in [0.15, 0.2) is 12.1 Å². The number of nitrogens with one attached hydrogen (secondary N) is 1. The molecule has 0 radical (unpaired) electrons. The predicted molar refractivity (Wildman–Crippen MR) is 80.7 cm³/mol. The van der Waals surface area contributed by atoms with Crippen molar-refractivity contribution in [3.8, 4) is 0 Å². The van der Waals surface area contributed by atoms with Gasteiger partial charge in [0, 0.05) is 33.2 Å². The van der Waals surface area contributed by atoms with Gasteiger partial charge in [-0.05, 0) is 12.1 Å². The third-order valence-corrected chi connectivity index (χ3v) is 3.84. The fourth-order valence-electron chi connectivity index (χ4n) is 2.11. The van der Waals surface area contributed by atoms with Crippen molar-refractivity contribution in [1.29, 1.82) is 0 Å². The molecule has 1 aromatic rings. The second-order valence-corrected chi connectivity index (χ2v) is 5.50. The van der Waals surface area contributed by atoms with E-state index in [-0.39, 0.29) is 27.7 Å². The van der Waals surface area contributed by atoms with Gasteiger partial charge >= 0.3 is 0 Å². The maximum absolute atomic E-state index is 12.4. The van der Waals surface area contributed by atoms with Gasteiger partial charge in [-0.25, -0.2) is 4.98 Å². The quantitative estimate of drug-likeness (QED) is 0.836. The van der Waals surface area contributed by atoms with Crippen LogP contribution in [0.1, 0.15) is 10.5 Å². The van der Waals surface area contributed by atoms with Crippen molar-refractivity contribution in [3.05, 3.63) is 28.0 Å². The molecular weight excluding hydrogens is 315 g/mol. The molecule has 0 aromatic carbocycles. The SMILES string of the molecule is CNC(=O)CN1CCN(C(=O)c2nc(Cl)ccc2Cl)CC1. The van der Waals surface area contributed by atoms with Crippen LogP contribution in [-0.4, -0.2) is 66.4 Å². The highest BCUT2D eigenvalue weighted by Gasteiger charge is 2.25. The van der Waals surface area contributed by atoms with Gasteiger partial charge in [0.25, 0.3) is 5.91 Å². The fraction of sp³-hybridized carbons (Fsp3) is 0.462. The van der Waals surface area contributed by atoms with Crippen molar-refractivity contribution in [2.45, 2.75) is 0 Å². The van der Waals surface area contributed by atoms with E-state index in [0.29, 0.717) is 32.7 Å². The number of aromatic nitrogens is 1. The van der Waals surface area contributed by atoms with E-state index >= 15 is 0 Å². The minimum Gasteiger partial charge on any atom is -0.358 e. The van der Waals surface area contributed by atoms with Gasteiger partial charge in [-0.2, -0.15) is 0 Å². The number of amides is 2. The first-order chi connectivity index (χ1) is 10.0. The summed E-state index contributed by atoms with van der Waals surface area (Å²) in [7, 11) is 1.61. The van der Waals surface area contributed by atoms with Gasteiger partial charge in [-0.1, -0.05) is 23.2 Å². The Kier molecular flexibility index (Phi) is 5.39. The summed E-state index contributed by atoms with van der Waals surface area (Å²) in [6.45, 7) is 2.67. The molecule has 1 aliphatic heterocycles. The molecular formula is C13H16Cl2N4O2. The number of carbonyl (C=O) groups is 2. The summed E-state index contributed by atoms with van der Waals surface area (Å²) in [6, 6.07) is 3.11. The van der Waals surface area contributed by atoms with Crippen molar-refractivity contribution in [3.63, 3.8) is 0 Å². The van der Waals surface area contributed by atoms with Crippen molar-refractivity contribution in [2.24, 2.45) is 0 Å². The average molecular weight is 331 g/mol. The number of halogens is 2. The topological polar surface area (TPSA) is 65.5 Å². The summed E-state index contributed by atoms with van der Waals surface area (Å²) in [5, 5.41) is 3.11. The molecule has 1 fully saturated rings. The fourth-order valence-corrected chi connectivity index (χ4v) is 2.44. The Hall–Kier alpha value is -1.37. The summed E-state index contributed by atoms with van der Waals surface area (Å²) < 4.78 is 0. The lowest BCUT2D eigenvalue weighted by Gasteiger charge is -2.34. The Bertz CT molecular complexity index is 545. The van der Waals surface area contributed by atoms with E-state index in [1.54, 1.807) is 24.1 Å². The molecule has 6 nitrogen and oxygen atoms in total. The molecule has 2 amide bonds. The van der Waals surface area contributed by atoms with Crippen molar-refractivity contribution < 1.29 is 9.59 Å². The Morgan fingerprint density at radius 1 is 1.24 bits per heavy atom. The molecule has 2 rings (SSSR count). The van der Waals surface area contributed by atoms with Crippen LogP contribution in [0.3, 0.4) is 0 Å². The lowest BCUT2D eigenvalue weighted by atomic mass is 10.2. The lowest BCUT2D eigenvalue weighted by Crippen LogP contribution is -2.51. The van der Waals surface area contributed by atoms with E-state index in [1.165, 1.54) is 0 Å². The van der Waals surface area contributed by atoms with Crippen LogP contribution in [0.5, 0.6) is 0 Å². The number of hydrogen-bond donors (Lipinski definition) is 1. The minimum atomic E-state index is -0.234. The molecule has 21 heavy (non-hydrogen) atoms. The number of carbonyl (C=O) groups excluding carboxylic acids is 2. The average Bonchev–Trinajstić information content (AvgIpc) is 2.49. The van der Waals surface area contributed by atoms with E-state index in [1.807, 2.05) is 4.90 Å². The van der Waals surface area contributed by atoms with Crippen LogP contribution >= 0.6 is 23.2 Å². The van der Waals surface area contributed by atoms with E-state index < -0.39 is 0 Å². The molecule has 1 aromatic heterocycles. The van der Waals surface area contributed by atoms with Crippen molar-refractivity contribution in [1.82, 2.24) is 20.1 Å². The summed E-state index contributed by atoms with van der Waals surface area (Å²) in [6.07, 6.45) is 0. The largest absolute Gasteiger partial charge is 0.358 e. The smallest absolute Gasteiger partial charge is 0.274 e. The Labute approximate surface area is 133 Å².